The summed E-state index contributed by atoms with van der Waals surface area (Å²) in [4.78, 5) is 21.3. The molecule has 2 aromatic rings. The van der Waals surface area contributed by atoms with Gasteiger partial charge in [-0.05, 0) is 42.0 Å². The van der Waals surface area contributed by atoms with Crippen molar-refractivity contribution < 1.29 is 4.79 Å². The van der Waals surface area contributed by atoms with Gasteiger partial charge < -0.3 is 15.1 Å². The molecule has 5 heteroatoms. The molecule has 0 atom stereocenters. The van der Waals surface area contributed by atoms with E-state index in [0.29, 0.717) is 12.6 Å². The van der Waals surface area contributed by atoms with E-state index in [0.717, 1.165) is 43.7 Å². The van der Waals surface area contributed by atoms with Crippen LogP contribution in [0.5, 0.6) is 0 Å². The van der Waals surface area contributed by atoms with Crippen LogP contribution in [0.15, 0.2) is 42.6 Å². The van der Waals surface area contributed by atoms with E-state index >= 15 is 0 Å². The van der Waals surface area contributed by atoms with Crippen molar-refractivity contribution in [1.29, 1.82) is 0 Å². The molecule has 0 radical (unpaired) electrons. The molecular weight excluding hydrogens is 348 g/mol. The molecule has 2 amide bonds. The number of hydrogen-bond acceptors (Lipinski definition) is 3. The Hall–Kier alpha value is -2.56. The standard InChI is InChI=1S/C23H30N4O/c1-26(21-9-3-2-4-10-21)23(28)25-16-18-11-12-22(24-15-18)27-14-13-19-7-5-6-8-20(19)17-27/h5-8,11-12,15,21H,2-4,9-10,13-14,16-17H2,1H3,(H,25,28). The van der Waals surface area contributed by atoms with Gasteiger partial charge in [-0.25, -0.2) is 9.78 Å². The highest BCUT2D eigenvalue weighted by Crippen LogP contribution is 2.23. The summed E-state index contributed by atoms with van der Waals surface area (Å²) in [5, 5.41) is 3.04. The van der Waals surface area contributed by atoms with Crippen molar-refractivity contribution >= 4 is 11.8 Å². The fourth-order valence-corrected chi connectivity index (χ4v) is 4.34. The topological polar surface area (TPSA) is 48.5 Å². The number of amides is 2. The molecule has 1 N–H and O–H groups in total. The molecule has 1 aliphatic carbocycles. The third kappa shape index (κ3) is 4.29. The van der Waals surface area contributed by atoms with Crippen LogP contribution in [0, 0.1) is 0 Å². The number of nitrogens with one attached hydrogen (secondary N) is 1. The van der Waals surface area contributed by atoms with E-state index < -0.39 is 0 Å². The van der Waals surface area contributed by atoms with Gasteiger partial charge in [0.15, 0.2) is 0 Å². The van der Waals surface area contributed by atoms with Gasteiger partial charge >= 0.3 is 6.03 Å². The second kappa shape index (κ2) is 8.63. The summed E-state index contributed by atoms with van der Waals surface area (Å²) in [6, 6.07) is 13.2. The molecule has 0 saturated heterocycles. The van der Waals surface area contributed by atoms with Crippen molar-refractivity contribution in [2.75, 3.05) is 18.5 Å². The van der Waals surface area contributed by atoms with Crippen molar-refractivity contribution in [3.05, 3.63) is 59.3 Å². The molecule has 1 aliphatic heterocycles. The van der Waals surface area contributed by atoms with Crippen LogP contribution < -0.4 is 10.2 Å². The van der Waals surface area contributed by atoms with Crippen molar-refractivity contribution in [2.24, 2.45) is 0 Å². The first-order valence-electron chi connectivity index (χ1n) is 10.5. The first kappa shape index (κ1) is 18.8. The quantitative estimate of drug-likeness (QED) is 0.871. The van der Waals surface area contributed by atoms with Gasteiger partial charge in [0.25, 0.3) is 0 Å². The first-order valence-corrected chi connectivity index (χ1v) is 10.5. The van der Waals surface area contributed by atoms with Crippen molar-refractivity contribution in [3.8, 4) is 0 Å². The number of rotatable bonds is 4. The monoisotopic (exact) mass is 378 g/mol. The molecule has 2 heterocycles. The Kier molecular flexibility index (Phi) is 5.79. The van der Waals surface area contributed by atoms with E-state index in [1.54, 1.807) is 0 Å². The molecule has 1 fully saturated rings. The van der Waals surface area contributed by atoms with Gasteiger partial charge in [-0.3, -0.25) is 0 Å². The summed E-state index contributed by atoms with van der Waals surface area (Å²) in [6.45, 7) is 2.42. The molecular formula is C23H30N4O. The first-order chi connectivity index (χ1) is 13.7. The molecule has 0 bridgehead atoms. The van der Waals surface area contributed by atoms with Crippen LogP contribution in [-0.4, -0.2) is 35.5 Å². The number of urea groups is 1. The van der Waals surface area contributed by atoms with E-state index in [1.165, 1.54) is 30.4 Å². The van der Waals surface area contributed by atoms with Crippen LogP contribution in [0.1, 0.15) is 48.8 Å². The van der Waals surface area contributed by atoms with E-state index in [-0.39, 0.29) is 6.03 Å². The highest BCUT2D eigenvalue weighted by molar-refractivity contribution is 5.74. The summed E-state index contributed by atoms with van der Waals surface area (Å²) in [7, 11) is 1.92. The zero-order chi connectivity index (χ0) is 19.3. The molecule has 1 aromatic heterocycles. The van der Waals surface area contributed by atoms with Gasteiger partial charge in [0.1, 0.15) is 5.82 Å². The molecule has 2 aliphatic rings. The van der Waals surface area contributed by atoms with Gasteiger partial charge in [-0.15, -0.1) is 0 Å². The predicted octanol–water partition coefficient (Wildman–Crippen LogP) is 4.12. The Labute approximate surface area is 167 Å². The number of carbonyl (C=O) groups is 1. The number of carbonyl (C=O) groups excluding carboxylic acids is 1. The van der Waals surface area contributed by atoms with Gasteiger partial charge in [0.05, 0.1) is 0 Å². The van der Waals surface area contributed by atoms with Gasteiger partial charge in [0.2, 0.25) is 0 Å². The fraction of sp³-hybridized carbons (Fsp3) is 0.478. The Morgan fingerprint density at radius 3 is 2.68 bits per heavy atom. The van der Waals surface area contributed by atoms with Crippen molar-refractivity contribution in [1.82, 2.24) is 15.2 Å². The maximum Gasteiger partial charge on any atom is 0.317 e. The minimum absolute atomic E-state index is 0.0172. The minimum atomic E-state index is 0.0172. The van der Waals surface area contributed by atoms with Crippen LogP contribution in [0.3, 0.4) is 0 Å². The largest absolute Gasteiger partial charge is 0.352 e. The zero-order valence-corrected chi connectivity index (χ0v) is 16.7. The van der Waals surface area contributed by atoms with Crippen LogP contribution in [-0.2, 0) is 19.5 Å². The van der Waals surface area contributed by atoms with Crippen LogP contribution in [0.2, 0.25) is 0 Å². The number of benzene rings is 1. The predicted molar refractivity (Wildman–Crippen MR) is 112 cm³/mol. The van der Waals surface area contributed by atoms with Gasteiger partial charge in [-0.1, -0.05) is 49.6 Å². The number of pyridine rings is 1. The summed E-state index contributed by atoms with van der Waals surface area (Å²) >= 11 is 0. The Morgan fingerprint density at radius 1 is 1.14 bits per heavy atom. The Morgan fingerprint density at radius 2 is 1.93 bits per heavy atom. The fourth-order valence-electron chi connectivity index (χ4n) is 4.34. The lowest BCUT2D eigenvalue weighted by molar-refractivity contribution is 0.173. The lowest BCUT2D eigenvalue weighted by Gasteiger charge is -2.31. The van der Waals surface area contributed by atoms with Crippen molar-refractivity contribution in [3.63, 3.8) is 0 Å². The number of aromatic nitrogens is 1. The number of fused-ring (bicyclic) bond motifs is 1. The molecule has 0 unspecified atom stereocenters. The van der Waals surface area contributed by atoms with Crippen LogP contribution in [0.25, 0.3) is 0 Å². The van der Waals surface area contributed by atoms with Crippen LogP contribution in [0.4, 0.5) is 10.6 Å². The van der Waals surface area contributed by atoms with E-state index in [4.69, 9.17) is 0 Å². The SMILES string of the molecule is CN(C(=O)NCc1ccc(N2CCc3ccccc3C2)nc1)C1CCCCC1. The second-order valence-corrected chi connectivity index (χ2v) is 8.03. The molecule has 1 aromatic carbocycles. The summed E-state index contributed by atoms with van der Waals surface area (Å²) in [5.74, 6) is 1.00. The minimum Gasteiger partial charge on any atom is -0.352 e. The van der Waals surface area contributed by atoms with E-state index in [9.17, 15) is 4.79 Å². The third-order valence-corrected chi connectivity index (χ3v) is 6.15. The lowest BCUT2D eigenvalue weighted by atomic mass is 9.95. The molecule has 0 spiro atoms. The summed E-state index contributed by atoms with van der Waals surface area (Å²) in [5.41, 5.74) is 3.87. The zero-order valence-electron chi connectivity index (χ0n) is 16.7. The smallest absolute Gasteiger partial charge is 0.317 e. The Bertz CT molecular complexity index is 799. The van der Waals surface area contributed by atoms with E-state index in [2.05, 4.69) is 51.6 Å². The molecule has 1 saturated carbocycles. The molecule has 28 heavy (non-hydrogen) atoms. The molecule has 5 nitrogen and oxygen atoms in total. The number of nitrogens with zero attached hydrogens (tertiary/aromatic N) is 3. The Balaban J connectivity index is 1.31. The third-order valence-electron chi connectivity index (χ3n) is 6.15. The maximum atomic E-state index is 12.4. The van der Waals surface area contributed by atoms with E-state index in [1.807, 2.05) is 18.1 Å². The normalized spacial score (nSPS) is 17.1. The molecule has 4 rings (SSSR count). The molecule has 148 valence electrons. The van der Waals surface area contributed by atoms with Crippen LogP contribution >= 0.6 is 0 Å². The summed E-state index contributed by atoms with van der Waals surface area (Å²) in [6.07, 6.45) is 8.95. The highest BCUT2D eigenvalue weighted by Gasteiger charge is 2.22. The van der Waals surface area contributed by atoms with Gasteiger partial charge in [-0.2, -0.15) is 0 Å². The van der Waals surface area contributed by atoms with Gasteiger partial charge in [0, 0.05) is 38.9 Å². The van der Waals surface area contributed by atoms with Crippen molar-refractivity contribution in [2.45, 2.75) is 57.7 Å². The maximum absolute atomic E-state index is 12.4. The lowest BCUT2D eigenvalue weighted by Crippen LogP contribution is -2.44. The number of anilines is 1. The summed E-state index contributed by atoms with van der Waals surface area (Å²) < 4.78 is 0. The highest BCUT2D eigenvalue weighted by atomic mass is 16.2. The average molecular weight is 379 g/mol. The number of hydrogen-bond donors (Lipinski definition) is 1. The average Bonchev–Trinajstić information content (AvgIpc) is 2.77. The second-order valence-electron chi connectivity index (χ2n) is 8.03.